The Morgan fingerprint density at radius 1 is 1.06 bits per heavy atom. The second kappa shape index (κ2) is 4.19. The first kappa shape index (κ1) is 12.7. The van der Waals surface area contributed by atoms with Crippen LogP contribution in [0.4, 0.5) is 13.2 Å². The molecule has 0 saturated heterocycles. The molecule has 1 heterocycles. The molecule has 2 rings (SSSR count). The van der Waals surface area contributed by atoms with Gasteiger partial charge in [0, 0.05) is 13.1 Å². The lowest BCUT2D eigenvalue weighted by Gasteiger charge is -2.07. The van der Waals surface area contributed by atoms with E-state index in [-0.39, 0.29) is 5.69 Å². The Labute approximate surface area is 101 Å². The zero-order chi connectivity index (χ0) is 13.5. The highest BCUT2D eigenvalue weighted by molar-refractivity contribution is 5.77. The van der Waals surface area contributed by atoms with E-state index < -0.39 is 11.7 Å². The Kier molecular flexibility index (Phi) is 2.96. The summed E-state index contributed by atoms with van der Waals surface area (Å²) in [4.78, 5) is 12.0. The van der Waals surface area contributed by atoms with Crippen molar-refractivity contribution < 1.29 is 13.2 Å². The van der Waals surface area contributed by atoms with Gasteiger partial charge in [0.05, 0.1) is 16.6 Å². The van der Waals surface area contributed by atoms with E-state index in [0.29, 0.717) is 24.1 Å². The van der Waals surface area contributed by atoms with Gasteiger partial charge in [0.15, 0.2) is 0 Å². The summed E-state index contributed by atoms with van der Waals surface area (Å²) in [5.74, 6) is 0. The molecule has 6 heteroatoms. The third-order valence-corrected chi connectivity index (χ3v) is 2.98. The van der Waals surface area contributed by atoms with Crippen molar-refractivity contribution in [1.29, 1.82) is 0 Å². The number of fused-ring (bicyclic) bond motifs is 1. The van der Waals surface area contributed by atoms with Crippen LogP contribution in [0.15, 0.2) is 23.0 Å². The van der Waals surface area contributed by atoms with Crippen molar-refractivity contribution in [3.63, 3.8) is 0 Å². The minimum absolute atomic E-state index is 0.269. The monoisotopic (exact) mass is 258 g/mol. The molecule has 18 heavy (non-hydrogen) atoms. The number of benzene rings is 1. The summed E-state index contributed by atoms with van der Waals surface area (Å²) >= 11 is 0. The predicted octanol–water partition coefficient (Wildman–Crippen LogP) is 2.86. The van der Waals surface area contributed by atoms with Crippen LogP contribution >= 0.6 is 0 Å². The number of aryl methyl sites for hydroxylation is 2. The number of halogens is 3. The van der Waals surface area contributed by atoms with Crippen molar-refractivity contribution in [1.82, 2.24) is 9.13 Å². The van der Waals surface area contributed by atoms with E-state index in [0.717, 1.165) is 12.1 Å². The van der Waals surface area contributed by atoms with Gasteiger partial charge in [0.2, 0.25) is 0 Å². The number of hydrogen-bond donors (Lipinski definition) is 0. The van der Waals surface area contributed by atoms with E-state index >= 15 is 0 Å². The van der Waals surface area contributed by atoms with Gasteiger partial charge in [-0.05, 0) is 32.0 Å². The van der Waals surface area contributed by atoms with Crippen LogP contribution in [0.25, 0.3) is 11.0 Å². The first-order chi connectivity index (χ1) is 8.40. The van der Waals surface area contributed by atoms with Crippen molar-refractivity contribution in [2.75, 3.05) is 0 Å². The summed E-state index contributed by atoms with van der Waals surface area (Å²) in [6.07, 6.45) is -4.39. The fourth-order valence-corrected chi connectivity index (χ4v) is 2.11. The first-order valence-corrected chi connectivity index (χ1v) is 5.70. The SMILES string of the molecule is CCn1c(=O)n(CC)c2cc(C(F)(F)F)ccc21. The molecule has 0 aliphatic carbocycles. The molecule has 0 N–H and O–H groups in total. The van der Waals surface area contributed by atoms with E-state index in [9.17, 15) is 18.0 Å². The smallest absolute Gasteiger partial charge is 0.292 e. The second-order valence-electron chi connectivity index (χ2n) is 3.97. The van der Waals surface area contributed by atoms with Crippen molar-refractivity contribution in [2.24, 2.45) is 0 Å². The molecule has 98 valence electrons. The number of rotatable bonds is 2. The molecule has 3 nitrogen and oxygen atoms in total. The third kappa shape index (κ3) is 1.81. The lowest BCUT2D eigenvalue weighted by atomic mass is 10.2. The van der Waals surface area contributed by atoms with Gasteiger partial charge in [-0.15, -0.1) is 0 Å². The Hall–Kier alpha value is -1.72. The molecule has 0 fully saturated rings. The Morgan fingerprint density at radius 3 is 2.11 bits per heavy atom. The van der Waals surface area contributed by atoms with Crippen molar-refractivity contribution >= 4 is 11.0 Å². The van der Waals surface area contributed by atoms with Gasteiger partial charge in [-0.2, -0.15) is 13.2 Å². The lowest BCUT2D eigenvalue weighted by molar-refractivity contribution is -0.137. The van der Waals surface area contributed by atoms with Gasteiger partial charge in [0.1, 0.15) is 0 Å². The van der Waals surface area contributed by atoms with Crippen molar-refractivity contribution in [2.45, 2.75) is 33.1 Å². The molecule has 0 bridgehead atoms. The van der Waals surface area contributed by atoms with Crippen LogP contribution in [0.1, 0.15) is 19.4 Å². The quantitative estimate of drug-likeness (QED) is 0.813. The molecule has 0 saturated carbocycles. The predicted molar refractivity (Wildman–Crippen MR) is 62.5 cm³/mol. The molecule has 0 spiro atoms. The molecule has 1 aromatic carbocycles. The van der Waals surface area contributed by atoms with Crippen molar-refractivity contribution in [3.05, 3.63) is 34.2 Å². The third-order valence-electron chi connectivity index (χ3n) is 2.98. The minimum atomic E-state index is -4.39. The van der Waals surface area contributed by atoms with E-state index in [1.165, 1.54) is 15.2 Å². The Balaban J connectivity index is 2.81. The van der Waals surface area contributed by atoms with Crippen LogP contribution in [0.3, 0.4) is 0 Å². The van der Waals surface area contributed by atoms with Crippen LogP contribution in [-0.2, 0) is 19.3 Å². The van der Waals surface area contributed by atoms with Crippen molar-refractivity contribution in [3.8, 4) is 0 Å². The molecule has 1 aromatic heterocycles. The van der Waals surface area contributed by atoms with Crippen LogP contribution in [0.5, 0.6) is 0 Å². The Bertz CT molecular complexity index is 637. The molecule has 0 aliphatic rings. The molecule has 0 amide bonds. The van der Waals surface area contributed by atoms with Gasteiger partial charge >= 0.3 is 11.9 Å². The molecular weight excluding hydrogens is 245 g/mol. The Morgan fingerprint density at radius 2 is 1.61 bits per heavy atom. The average Bonchev–Trinajstić information content (AvgIpc) is 2.58. The van der Waals surface area contributed by atoms with Crippen LogP contribution in [-0.4, -0.2) is 9.13 Å². The summed E-state index contributed by atoms with van der Waals surface area (Å²) < 4.78 is 40.8. The molecular formula is C12H13F3N2O. The highest BCUT2D eigenvalue weighted by Gasteiger charge is 2.31. The van der Waals surface area contributed by atoms with Gasteiger partial charge in [-0.3, -0.25) is 9.13 Å². The maximum Gasteiger partial charge on any atom is 0.416 e. The number of hydrogen-bond acceptors (Lipinski definition) is 1. The van der Waals surface area contributed by atoms with Gasteiger partial charge in [-0.1, -0.05) is 0 Å². The zero-order valence-corrected chi connectivity index (χ0v) is 10.1. The standard InChI is InChI=1S/C12H13F3N2O/c1-3-16-9-6-5-8(12(13,14)15)7-10(9)17(4-2)11(16)18/h5-7H,3-4H2,1-2H3. The van der Waals surface area contributed by atoms with Crippen LogP contribution in [0, 0.1) is 0 Å². The fraction of sp³-hybridized carbons (Fsp3) is 0.417. The topological polar surface area (TPSA) is 26.9 Å². The molecule has 0 unspecified atom stereocenters. The average molecular weight is 258 g/mol. The summed E-state index contributed by atoms with van der Waals surface area (Å²) in [6, 6.07) is 3.40. The van der Waals surface area contributed by atoms with E-state index in [2.05, 4.69) is 0 Å². The first-order valence-electron chi connectivity index (χ1n) is 5.70. The van der Waals surface area contributed by atoms with E-state index in [1.54, 1.807) is 13.8 Å². The number of alkyl halides is 3. The normalized spacial score (nSPS) is 12.3. The highest BCUT2D eigenvalue weighted by Crippen LogP contribution is 2.31. The minimum Gasteiger partial charge on any atom is -0.292 e. The number of nitrogens with zero attached hydrogens (tertiary/aromatic N) is 2. The van der Waals surface area contributed by atoms with Gasteiger partial charge in [-0.25, -0.2) is 4.79 Å². The largest absolute Gasteiger partial charge is 0.416 e. The molecule has 0 radical (unpaired) electrons. The number of imidazole rings is 1. The molecule has 2 aromatic rings. The fourth-order valence-electron chi connectivity index (χ4n) is 2.11. The van der Waals surface area contributed by atoms with E-state index in [4.69, 9.17) is 0 Å². The lowest BCUT2D eigenvalue weighted by Crippen LogP contribution is -2.23. The van der Waals surface area contributed by atoms with Crippen LogP contribution < -0.4 is 5.69 Å². The molecule has 0 atom stereocenters. The highest BCUT2D eigenvalue weighted by atomic mass is 19.4. The van der Waals surface area contributed by atoms with Gasteiger partial charge < -0.3 is 0 Å². The maximum atomic E-state index is 12.6. The van der Waals surface area contributed by atoms with Crippen LogP contribution in [0.2, 0.25) is 0 Å². The summed E-state index contributed by atoms with van der Waals surface area (Å²) in [5.41, 5.74) is -0.128. The van der Waals surface area contributed by atoms with E-state index in [1.807, 2.05) is 0 Å². The summed E-state index contributed by atoms with van der Waals surface area (Å²) in [6.45, 7) is 4.32. The van der Waals surface area contributed by atoms with Gasteiger partial charge in [0.25, 0.3) is 0 Å². The number of aromatic nitrogens is 2. The summed E-state index contributed by atoms with van der Waals surface area (Å²) in [7, 11) is 0. The maximum absolute atomic E-state index is 12.6. The summed E-state index contributed by atoms with van der Waals surface area (Å²) in [5, 5.41) is 0. The zero-order valence-electron chi connectivity index (χ0n) is 10.1. The molecule has 0 aliphatic heterocycles. The second-order valence-corrected chi connectivity index (χ2v) is 3.97.